The summed E-state index contributed by atoms with van der Waals surface area (Å²) in [6.45, 7) is 2.48. The van der Waals surface area contributed by atoms with Gasteiger partial charge in [-0.1, -0.05) is 54.6 Å². The molecule has 1 aliphatic heterocycles. The molecule has 0 aliphatic carbocycles. The number of hydrogen-bond donors (Lipinski definition) is 2. The number of carbonyl (C=O) groups is 2. The van der Waals surface area contributed by atoms with E-state index in [0.717, 1.165) is 35.5 Å². The van der Waals surface area contributed by atoms with E-state index in [0.29, 0.717) is 30.9 Å². The predicted molar refractivity (Wildman–Crippen MR) is 144 cm³/mol. The van der Waals surface area contributed by atoms with Crippen LogP contribution in [0.15, 0.2) is 83.8 Å². The zero-order valence-corrected chi connectivity index (χ0v) is 22.8. The van der Waals surface area contributed by atoms with Gasteiger partial charge in [0.25, 0.3) is 0 Å². The van der Waals surface area contributed by atoms with Crippen molar-refractivity contribution in [2.45, 2.75) is 48.7 Å². The van der Waals surface area contributed by atoms with Crippen LogP contribution in [0.5, 0.6) is 5.75 Å². The van der Waals surface area contributed by atoms with Crippen LogP contribution in [0.2, 0.25) is 0 Å². The minimum Gasteiger partial charge on any atom is -0.489 e. The van der Waals surface area contributed by atoms with Crippen LogP contribution in [0.1, 0.15) is 29.5 Å². The summed E-state index contributed by atoms with van der Waals surface area (Å²) in [4.78, 5) is 22.2. The first-order valence-corrected chi connectivity index (χ1v) is 14.2. The van der Waals surface area contributed by atoms with E-state index >= 15 is 0 Å². The number of sulfone groups is 1. The van der Waals surface area contributed by atoms with Crippen molar-refractivity contribution in [3.05, 3.63) is 95.6 Å². The van der Waals surface area contributed by atoms with Gasteiger partial charge in [0.15, 0.2) is 9.84 Å². The molecule has 1 fully saturated rings. The van der Waals surface area contributed by atoms with E-state index in [1.165, 1.54) is 0 Å². The maximum atomic E-state index is 12.9. The molecule has 12 heteroatoms. The second-order valence-corrected chi connectivity index (χ2v) is 11.7. The molecule has 1 atom stereocenters. The lowest BCUT2D eigenvalue weighted by atomic mass is 10.1. The minimum absolute atomic E-state index is 0.119. The van der Waals surface area contributed by atoms with E-state index < -0.39 is 28.0 Å². The van der Waals surface area contributed by atoms with Gasteiger partial charge in [0, 0.05) is 19.5 Å². The molecule has 41 heavy (non-hydrogen) atoms. The molecule has 2 N–H and O–H groups in total. The van der Waals surface area contributed by atoms with Crippen molar-refractivity contribution in [2.75, 3.05) is 13.1 Å². The van der Waals surface area contributed by atoms with E-state index in [1.54, 1.807) is 24.3 Å². The molecule has 1 unspecified atom stereocenters. The molecule has 0 saturated carbocycles. The van der Waals surface area contributed by atoms with Crippen molar-refractivity contribution < 1.29 is 46.1 Å². The minimum atomic E-state index is -5.08. The van der Waals surface area contributed by atoms with Crippen LogP contribution in [0, 0.1) is 0 Å². The third kappa shape index (κ3) is 9.90. The highest BCUT2D eigenvalue weighted by Gasteiger charge is 2.38. The number of benzene rings is 3. The number of alkyl halides is 3. The van der Waals surface area contributed by atoms with Gasteiger partial charge in [0.1, 0.15) is 12.4 Å². The summed E-state index contributed by atoms with van der Waals surface area (Å²) in [5.41, 5.74) is 3.16. The van der Waals surface area contributed by atoms with E-state index in [-0.39, 0.29) is 11.7 Å². The van der Waals surface area contributed by atoms with Crippen molar-refractivity contribution in [1.29, 1.82) is 0 Å². The Hall–Kier alpha value is -3.90. The summed E-state index contributed by atoms with van der Waals surface area (Å²) in [5, 5.41) is 15.5. The molecule has 3 aromatic rings. The Balaban J connectivity index is 0.000000587. The average molecular weight is 594 g/mol. The van der Waals surface area contributed by atoms with E-state index in [1.807, 2.05) is 42.5 Å². The fraction of sp³-hybridized carbons (Fsp3) is 0.310. The first-order valence-electron chi connectivity index (χ1n) is 12.7. The van der Waals surface area contributed by atoms with Gasteiger partial charge in [0.2, 0.25) is 0 Å². The maximum absolute atomic E-state index is 12.9. The van der Waals surface area contributed by atoms with Crippen LogP contribution >= 0.6 is 0 Å². The summed E-state index contributed by atoms with van der Waals surface area (Å²) in [6.07, 6.45) is -3.81. The average Bonchev–Trinajstić information content (AvgIpc) is 3.42. The highest BCUT2D eigenvalue weighted by atomic mass is 32.2. The maximum Gasteiger partial charge on any atom is 0.490 e. The SMILES string of the molecule is O=C(O)C(F)(F)F.O=C(O)CCc1ccc(OCc2ccc(CN3CCC(S(=O)(=O)c4ccccc4)C3)cc2)cc1. The molecular formula is C29H30F3NO7S. The topological polar surface area (TPSA) is 121 Å². The molecule has 1 saturated heterocycles. The zero-order chi connectivity index (χ0) is 30.0. The quantitative estimate of drug-likeness (QED) is 0.338. The third-order valence-electron chi connectivity index (χ3n) is 6.37. The fourth-order valence-electron chi connectivity index (χ4n) is 4.17. The van der Waals surface area contributed by atoms with Gasteiger partial charge in [-0.05, 0) is 60.3 Å². The van der Waals surface area contributed by atoms with Crippen LogP contribution in [0.3, 0.4) is 0 Å². The van der Waals surface area contributed by atoms with E-state index in [4.69, 9.17) is 19.7 Å². The molecule has 1 heterocycles. The number of halogens is 3. The largest absolute Gasteiger partial charge is 0.490 e. The lowest BCUT2D eigenvalue weighted by Crippen LogP contribution is -2.27. The van der Waals surface area contributed by atoms with Crippen molar-refractivity contribution in [3.63, 3.8) is 0 Å². The van der Waals surface area contributed by atoms with Crippen LogP contribution < -0.4 is 4.74 Å². The highest BCUT2D eigenvalue weighted by molar-refractivity contribution is 7.92. The predicted octanol–water partition coefficient (Wildman–Crippen LogP) is 4.96. The summed E-state index contributed by atoms with van der Waals surface area (Å²) >= 11 is 0. The molecule has 1 aliphatic rings. The van der Waals surface area contributed by atoms with Crippen LogP contribution in [0.25, 0.3) is 0 Å². The molecule has 0 bridgehead atoms. The van der Waals surface area contributed by atoms with Crippen LogP contribution in [-0.4, -0.2) is 60.0 Å². The monoisotopic (exact) mass is 593 g/mol. The zero-order valence-electron chi connectivity index (χ0n) is 22.0. The molecular weight excluding hydrogens is 563 g/mol. The van der Waals surface area contributed by atoms with Gasteiger partial charge >= 0.3 is 18.1 Å². The van der Waals surface area contributed by atoms with Gasteiger partial charge in [-0.2, -0.15) is 13.2 Å². The number of aryl methyl sites for hydroxylation is 1. The van der Waals surface area contributed by atoms with Crippen molar-refractivity contribution in [3.8, 4) is 5.75 Å². The lowest BCUT2D eigenvalue weighted by Gasteiger charge is -2.17. The Labute approximate surface area is 235 Å². The Morgan fingerprint density at radius 2 is 1.44 bits per heavy atom. The molecule has 4 rings (SSSR count). The normalized spacial score (nSPS) is 15.5. The fourth-order valence-corrected chi connectivity index (χ4v) is 5.91. The van der Waals surface area contributed by atoms with Gasteiger partial charge in [-0.15, -0.1) is 0 Å². The number of hydrogen-bond acceptors (Lipinski definition) is 6. The van der Waals surface area contributed by atoms with Crippen molar-refractivity contribution in [2.24, 2.45) is 0 Å². The summed E-state index contributed by atoms with van der Waals surface area (Å²) in [6, 6.07) is 24.4. The first kappa shape index (κ1) is 31.6. The molecule has 3 aromatic carbocycles. The van der Waals surface area contributed by atoms with E-state index in [2.05, 4.69) is 17.0 Å². The number of carboxylic acid groups (broad SMARTS) is 2. The van der Waals surface area contributed by atoms with Gasteiger partial charge < -0.3 is 14.9 Å². The summed E-state index contributed by atoms with van der Waals surface area (Å²) in [5.74, 6) is -2.82. The third-order valence-corrected chi connectivity index (χ3v) is 8.56. The van der Waals surface area contributed by atoms with E-state index in [9.17, 15) is 26.4 Å². The van der Waals surface area contributed by atoms with Crippen LogP contribution in [-0.2, 0) is 39.0 Å². The Morgan fingerprint density at radius 1 is 0.878 bits per heavy atom. The summed E-state index contributed by atoms with van der Waals surface area (Å²) in [7, 11) is -3.30. The van der Waals surface area contributed by atoms with Crippen LogP contribution in [0.4, 0.5) is 13.2 Å². The molecule has 0 amide bonds. The number of ether oxygens (including phenoxy) is 1. The standard InChI is InChI=1S/C27H29NO5S.C2HF3O2/c29-27(30)15-12-21-10-13-24(14-11-21)33-20-23-8-6-22(7-9-23)18-28-17-16-26(19-28)34(31,32)25-4-2-1-3-5-25;3-2(4,5)1(6)7/h1-11,13-14,26H,12,15-20H2,(H,29,30);(H,6,7). The molecule has 220 valence electrons. The van der Waals surface area contributed by atoms with Gasteiger partial charge in [0.05, 0.1) is 10.1 Å². The Kier molecular flexibility index (Phi) is 10.9. The lowest BCUT2D eigenvalue weighted by molar-refractivity contribution is -0.192. The van der Waals surface area contributed by atoms with Gasteiger partial charge in [-0.3, -0.25) is 9.69 Å². The number of aliphatic carboxylic acids is 2. The molecule has 8 nitrogen and oxygen atoms in total. The second-order valence-electron chi connectivity index (χ2n) is 9.45. The number of nitrogens with zero attached hydrogens (tertiary/aromatic N) is 1. The number of carboxylic acids is 2. The molecule has 0 spiro atoms. The molecule has 0 radical (unpaired) electrons. The number of rotatable bonds is 10. The Bertz CT molecular complexity index is 1400. The first-order chi connectivity index (χ1) is 19.3. The smallest absolute Gasteiger partial charge is 0.489 e. The molecule has 0 aromatic heterocycles. The van der Waals surface area contributed by atoms with Crippen molar-refractivity contribution >= 4 is 21.8 Å². The number of likely N-dealkylation sites (tertiary alicyclic amines) is 1. The second kappa shape index (κ2) is 14.1. The Morgan fingerprint density at radius 3 is 2.00 bits per heavy atom. The summed E-state index contributed by atoms with van der Waals surface area (Å²) < 4.78 is 63.3. The van der Waals surface area contributed by atoms with Crippen molar-refractivity contribution in [1.82, 2.24) is 4.90 Å². The van der Waals surface area contributed by atoms with Gasteiger partial charge in [-0.25, -0.2) is 13.2 Å². The highest BCUT2D eigenvalue weighted by Crippen LogP contribution is 2.25.